The normalized spacial score (nSPS) is 10.1. The fourth-order valence-corrected chi connectivity index (χ4v) is 2.72. The largest absolute Gasteiger partial charge is 0.350 e. The van der Waals surface area contributed by atoms with Gasteiger partial charge in [-0.2, -0.15) is 0 Å². The summed E-state index contributed by atoms with van der Waals surface area (Å²) >= 11 is 2.91. The Kier molecular flexibility index (Phi) is 5.70. The molecular weight excluding hydrogens is 308 g/mol. The summed E-state index contributed by atoms with van der Waals surface area (Å²) in [6, 6.07) is 7.30. The third kappa shape index (κ3) is 5.52. The average Bonchev–Trinajstić information content (AvgIpc) is 2.97. The van der Waals surface area contributed by atoms with Crippen LogP contribution < -0.4 is 10.6 Å². The van der Waals surface area contributed by atoms with Crippen LogP contribution in [-0.2, 0) is 16.1 Å². The molecule has 6 nitrogen and oxygen atoms in total. The highest BCUT2D eigenvalue weighted by atomic mass is 32.2. The second-order valence-electron chi connectivity index (χ2n) is 4.08. The quantitative estimate of drug-likeness (QED) is 0.794. The van der Waals surface area contributed by atoms with Gasteiger partial charge in [0.2, 0.25) is 11.8 Å². The van der Waals surface area contributed by atoms with Crippen LogP contribution in [0.5, 0.6) is 0 Å². The lowest BCUT2D eigenvalue weighted by Gasteiger charge is -2.04. The Labute approximate surface area is 130 Å². The number of hydrogen-bond acceptors (Lipinski definition) is 6. The van der Waals surface area contributed by atoms with Crippen molar-refractivity contribution in [2.45, 2.75) is 18.5 Å². The van der Waals surface area contributed by atoms with Crippen LogP contribution in [0.2, 0.25) is 0 Å². The van der Waals surface area contributed by atoms with Crippen molar-refractivity contribution in [1.82, 2.24) is 15.5 Å². The molecule has 0 unspecified atom stereocenters. The molecule has 0 saturated heterocycles. The van der Waals surface area contributed by atoms with Gasteiger partial charge in [0.1, 0.15) is 5.03 Å². The molecule has 0 saturated carbocycles. The molecule has 0 fully saturated rings. The van der Waals surface area contributed by atoms with Crippen LogP contribution in [0, 0.1) is 0 Å². The molecule has 0 aliphatic carbocycles. The van der Waals surface area contributed by atoms with E-state index in [0.29, 0.717) is 17.4 Å². The molecule has 0 aliphatic heterocycles. The number of hydrogen-bond donors (Lipinski definition) is 2. The van der Waals surface area contributed by atoms with Crippen LogP contribution >= 0.6 is 23.1 Å². The van der Waals surface area contributed by atoms with Gasteiger partial charge in [0.25, 0.3) is 0 Å². The minimum absolute atomic E-state index is 0.0545. The maximum atomic E-state index is 11.7. The van der Waals surface area contributed by atoms with Crippen LogP contribution in [0.1, 0.15) is 11.8 Å². The minimum Gasteiger partial charge on any atom is -0.350 e. The summed E-state index contributed by atoms with van der Waals surface area (Å²) < 4.78 is 0. The van der Waals surface area contributed by atoms with E-state index in [0.717, 1.165) is 4.88 Å². The zero-order valence-corrected chi connectivity index (χ0v) is 13.0. The molecule has 2 heterocycles. The van der Waals surface area contributed by atoms with E-state index in [2.05, 4.69) is 20.8 Å². The Hall–Kier alpha value is -1.93. The molecule has 0 radical (unpaired) electrons. The summed E-state index contributed by atoms with van der Waals surface area (Å²) in [5.41, 5.74) is 0. The lowest BCUT2D eigenvalue weighted by molar-refractivity contribution is -0.118. The van der Waals surface area contributed by atoms with E-state index in [9.17, 15) is 9.59 Å². The Morgan fingerprint density at radius 2 is 2.14 bits per heavy atom. The second-order valence-corrected chi connectivity index (χ2v) is 6.11. The smallest absolute Gasteiger partial charge is 0.230 e. The monoisotopic (exact) mass is 322 g/mol. The lowest BCUT2D eigenvalue weighted by Crippen LogP contribution is -2.24. The van der Waals surface area contributed by atoms with Crippen molar-refractivity contribution in [3.63, 3.8) is 0 Å². The van der Waals surface area contributed by atoms with Crippen molar-refractivity contribution >= 4 is 40.7 Å². The zero-order valence-electron chi connectivity index (χ0n) is 11.3. The highest BCUT2D eigenvalue weighted by Crippen LogP contribution is 2.15. The van der Waals surface area contributed by atoms with Crippen molar-refractivity contribution in [2.24, 2.45) is 0 Å². The first kappa shape index (κ1) is 15.5. The van der Waals surface area contributed by atoms with E-state index in [1.807, 2.05) is 17.5 Å². The van der Waals surface area contributed by atoms with Gasteiger partial charge in [-0.3, -0.25) is 9.59 Å². The van der Waals surface area contributed by atoms with Gasteiger partial charge in [0, 0.05) is 11.8 Å². The molecule has 0 spiro atoms. The SMILES string of the molecule is CC(=O)Nc1ccc(SCC(=O)NCc2cccs2)nn1. The molecule has 0 aliphatic rings. The number of rotatable bonds is 6. The maximum absolute atomic E-state index is 11.7. The van der Waals surface area contributed by atoms with Crippen molar-refractivity contribution in [2.75, 3.05) is 11.1 Å². The number of nitrogens with zero attached hydrogens (tertiary/aromatic N) is 2. The van der Waals surface area contributed by atoms with E-state index in [1.165, 1.54) is 18.7 Å². The molecule has 2 aromatic rings. The predicted molar refractivity (Wildman–Crippen MR) is 83.2 cm³/mol. The number of amides is 2. The third-order valence-corrected chi connectivity index (χ3v) is 4.13. The van der Waals surface area contributed by atoms with Crippen LogP contribution in [-0.4, -0.2) is 27.8 Å². The first-order valence-electron chi connectivity index (χ1n) is 6.16. The van der Waals surface area contributed by atoms with Gasteiger partial charge in [-0.1, -0.05) is 17.8 Å². The molecule has 2 N–H and O–H groups in total. The van der Waals surface area contributed by atoms with Gasteiger partial charge in [0.05, 0.1) is 12.3 Å². The standard InChI is InChI=1S/C13H14N4O2S2/c1-9(18)15-11-4-5-13(17-16-11)21-8-12(19)14-7-10-3-2-6-20-10/h2-6H,7-8H2,1H3,(H,14,19)(H,15,16,18). The van der Waals surface area contributed by atoms with Crippen LogP contribution in [0.25, 0.3) is 0 Å². The molecular formula is C13H14N4O2S2. The van der Waals surface area contributed by atoms with Gasteiger partial charge < -0.3 is 10.6 Å². The molecule has 2 amide bonds. The maximum Gasteiger partial charge on any atom is 0.230 e. The molecule has 2 aromatic heterocycles. The Morgan fingerprint density at radius 1 is 1.29 bits per heavy atom. The zero-order chi connectivity index (χ0) is 15.1. The summed E-state index contributed by atoms with van der Waals surface area (Å²) in [5, 5.41) is 15.8. The minimum atomic E-state index is -0.197. The van der Waals surface area contributed by atoms with Crippen molar-refractivity contribution < 1.29 is 9.59 Å². The van der Waals surface area contributed by atoms with E-state index in [-0.39, 0.29) is 17.6 Å². The number of anilines is 1. The summed E-state index contributed by atoms with van der Waals surface area (Å²) in [6.45, 7) is 1.95. The van der Waals surface area contributed by atoms with Crippen LogP contribution in [0.15, 0.2) is 34.7 Å². The summed E-state index contributed by atoms with van der Waals surface area (Å²) in [6.07, 6.45) is 0. The van der Waals surface area contributed by atoms with Crippen molar-refractivity contribution in [1.29, 1.82) is 0 Å². The lowest BCUT2D eigenvalue weighted by atomic mass is 10.4. The summed E-state index contributed by atoms with van der Waals surface area (Å²) in [5.74, 6) is 0.423. The number of thiophene rings is 1. The van der Waals surface area contributed by atoms with Gasteiger partial charge in [-0.15, -0.1) is 21.5 Å². The van der Waals surface area contributed by atoms with Crippen LogP contribution in [0.3, 0.4) is 0 Å². The first-order chi connectivity index (χ1) is 10.1. The molecule has 8 heteroatoms. The molecule has 0 aromatic carbocycles. The molecule has 2 rings (SSSR count). The molecule has 21 heavy (non-hydrogen) atoms. The van der Waals surface area contributed by atoms with Crippen LogP contribution in [0.4, 0.5) is 5.82 Å². The van der Waals surface area contributed by atoms with Crippen molar-refractivity contribution in [3.05, 3.63) is 34.5 Å². The number of carbonyl (C=O) groups is 2. The molecule has 0 bridgehead atoms. The Morgan fingerprint density at radius 3 is 2.76 bits per heavy atom. The van der Waals surface area contributed by atoms with E-state index in [1.54, 1.807) is 23.5 Å². The van der Waals surface area contributed by atoms with E-state index in [4.69, 9.17) is 0 Å². The predicted octanol–water partition coefficient (Wildman–Crippen LogP) is 1.90. The van der Waals surface area contributed by atoms with Gasteiger partial charge in [-0.05, 0) is 23.6 Å². The topological polar surface area (TPSA) is 84.0 Å². The number of carbonyl (C=O) groups excluding carboxylic acids is 2. The number of thioether (sulfide) groups is 1. The number of aromatic nitrogens is 2. The number of nitrogens with one attached hydrogen (secondary N) is 2. The summed E-state index contributed by atoms with van der Waals surface area (Å²) in [4.78, 5) is 23.7. The first-order valence-corrected chi connectivity index (χ1v) is 8.03. The van der Waals surface area contributed by atoms with E-state index >= 15 is 0 Å². The third-order valence-electron chi connectivity index (χ3n) is 2.34. The Balaban J connectivity index is 1.74. The summed E-state index contributed by atoms with van der Waals surface area (Å²) in [7, 11) is 0. The van der Waals surface area contributed by atoms with Gasteiger partial charge in [0.15, 0.2) is 5.82 Å². The highest BCUT2D eigenvalue weighted by molar-refractivity contribution is 7.99. The van der Waals surface area contributed by atoms with E-state index < -0.39 is 0 Å². The fourth-order valence-electron chi connectivity index (χ4n) is 1.43. The second kappa shape index (κ2) is 7.75. The Bertz CT molecular complexity index is 599. The highest BCUT2D eigenvalue weighted by Gasteiger charge is 2.05. The van der Waals surface area contributed by atoms with Gasteiger partial charge in [-0.25, -0.2) is 0 Å². The average molecular weight is 322 g/mol. The fraction of sp³-hybridized carbons (Fsp3) is 0.231. The van der Waals surface area contributed by atoms with Gasteiger partial charge >= 0.3 is 0 Å². The molecule has 110 valence electrons. The molecule has 0 atom stereocenters. The van der Waals surface area contributed by atoms with Crippen molar-refractivity contribution in [3.8, 4) is 0 Å².